The number of rotatable bonds is 5. The van der Waals surface area contributed by atoms with E-state index >= 15 is 0 Å². The zero-order chi connectivity index (χ0) is 21.2. The van der Waals surface area contributed by atoms with E-state index in [0.29, 0.717) is 24.6 Å². The number of likely N-dealkylation sites (tertiary alicyclic amines) is 1. The molecule has 1 fully saturated rings. The summed E-state index contributed by atoms with van der Waals surface area (Å²) >= 11 is 0. The monoisotopic (exact) mass is 416 g/mol. The molecule has 7 nitrogen and oxygen atoms in total. The highest BCUT2D eigenvalue weighted by Gasteiger charge is 2.29. The molecule has 1 heterocycles. The van der Waals surface area contributed by atoms with Gasteiger partial charge in [-0.25, -0.2) is 8.42 Å². The van der Waals surface area contributed by atoms with Crippen molar-refractivity contribution in [3.8, 4) is 0 Å². The lowest BCUT2D eigenvalue weighted by molar-refractivity contribution is -0.387. The number of benzene rings is 2. The number of sulfone groups is 1. The molecular formula is C21H24N2O5S. The van der Waals surface area contributed by atoms with Crippen LogP contribution in [-0.4, -0.2) is 37.2 Å². The maximum Gasteiger partial charge on any atom is 0.288 e. The van der Waals surface area contributed by atoms with E-state index in [1.165, 1.54) is 12.1 Å². The Kier molecular flexibility index (Phi) is 6.02. The van der Waals surface area contributed by atoms with Gasteiger partial charge < -0.3 is 4.90 Å². The molecule has 0 atom stereocenters. The second kappa shape index (κ2) is 8.32. The summed E-state index contributed by atoms with van der Waals surface area (Å²) in [4.78, 5) is 24.9. The third-order valence-corrected chi connectivity index (χ3v) is 7.01. The molecule has 29 heavy (non-hydrogen) atoms. The van der Waals surface area contributed by atoms with Crippen LogP contribution in [0.5, 0.6) is 0 Å². The van der Waals surface area contributed by atoms with E-state index < -0.39 is 20.4 Å². The lowest BCUT2D eigenvalue weighted by Gasteiger charge is -2.30. The summed E-state index contributed by atoms with van der Waals surface area (Å²) in [5.74, 6) is -0.101. The van der Waals surface area contributed by atoms with Crippen molar-refractivity contribution in [2.75, 3.05) is 13.1 Å². The fourth-order valence-corrected chi connectivity index (χ4v) is 4.95. The molecule has 1 aliphatic rings. The normalized spacial score (nSPS) is 15.3. The maximum atomic E-state index is 12.8. The number of aryl methyl sites for hydroxylation is 1. The zero-order valence-electron chi connectivity index (χ0n) is 16.5. The van der Waals surface area contributed by atoms with Crippen molar-refractivity contribution < 1.29 is 18.1 Å². The molecule has 0 bridgehead atoms. The van der Waals surface area contributed by atoms with Crippen LogP contribution in [-0.2, 0) is 15.6 Å². The van der Waals surface area contributed by atoms with E-state index in [4.69, 9.17) is 0 Å². The standard InChI is InChI=1S/C21H24N2O5S/c1-15-3-5-17(6-4-15)14-29(27,28)20-8-7-18(13-19(20)23(25)26)21(24)22-11-9-16(2)10-12-22/h3-8,13,16H,9-12,14H2,1-2H3. The topological polar surface area (TPSA) is 97.6 Å². The number of nitro benzene ring substituents is 1. The van der Waals surface area contributed by atoms with Crippen molar-refractivity contribution in [1.82, 2.24) is 4.90 Å². The Labute approximate surface area is 170 Å². The van der Waals surface area contributed by atoms with Crippen molar-refractivity contribution >= 4 is 21.4 Å². The van der Waals surface area contributed by atoms with Gasteiger partial charge in [-0.3, -0.25) is 14.9 Å². The minimum atomic E-state index is -3.94. The molecule has 0 aromatic heterocycles. The van der Waals surface area contributed by atoms with E-state index in [1.54, 1.807) is 29.2 Å². The molecule has 3 rings (SSSR count). The van der Waals surface area contributed by atoms with Crippen LogP contribution in [0.4, 0.5) is 5.69 Å². The molecule has 8 heteroatoms. The molecule has 0 N–H and O–H groups in total. The van der Waals surface area contributed by atoms with E-state index in [0.717, 1.165) is 24.5 Å². The van der Waals surface area contributed by atoms with E-state index in [1.807, 2.05) is 6.92 Å². The highest BCUT2D eigenvalue weighted by molar-refractivity contribution is 7.90. The van der Waals surface area contributed by atoms with Crippen LogP contribution in [0.2, 0.25) is 0 Å². The van der Waals surface area contributed by atoms with Crippen molar-refractivity contribution in [2.24, 2.45) is 5.92 Å². The number of piperidine rings is 1. The van der Waals surface area contributed by atoms with Crippen molar-refractivity contribution in [3.63, 3.8) is 0 Å². The number of hydrogen-bond donors (Lipinski definition) is 0. The second-order valence-corrected chi connectivity index (χ2v) is 9.62. The Morgan fingerprint density at radius 1 is 1.14 bits per heavy atom. The number of amides is 1. The van der Waals surface area contributed by atoms with Crippen molar-refractivity contribution in [1.29, 1.82) is 0 Å². The average molecular weight is 416 g/mol. The molecule has 154 valence electrons. The van der Waals surface area contributed by atoms with Crippen LogP contribution in [0, 0.1) is 23.0 Å². The zero-order valence-corrected chi connectivity index (χ0v) is 17.3. The van der Waals surface area contributed by atoms with Gasteiger partial charge in [-0.05, 0) is 43.4 Å². The predicted octanol–water partition coefficient (Wildman–Crippen LogP) is 3.75. The van der Waals surface area contributed by atoms with Gasteiger partial charge in [0.15, 0.2) is 9.84 Å². The average Bonchev–Trinajstić information content (AvgIpc) is 2.69. The van der Waals surface area contributed by atoms with Crippen LogP contribution in [0.1, 0.15) is 41.3 Å². The van der Waals surface area contributed by atoms with Gasteiger partial charge in [0.25, 0.3) is 11.6 Å². The summed E-state index contributed by atoms with van der Waals surface area (Å²) in [6.45, 7) is 5.21. The summed E-state index contributed by atoms with van der Waals surface area (Å²) in [5, 5.41) is 11.6. The molecule has 0 aliphatic carbocycles. The molecule has 1 amide bonds. The van der Waals surface area contributed by atoms with Crippen molar-refractivity contribution in [2.45, 2.75) is 37.3 Å². The van der Waals surface area contributed by atoms with Crippen LogP contribution < -0.4 is 0 Å². The fourth-order valence-electron chi connectivity index (χ4n) is 3.43. The first-order valence-corrected chi connectivity index (χ1v) is 11.2. The molecule has 2 aromatic rings. The number of carbonyl (C=O) groups excluding carboxylic acids is 1. The van der Waals surface area contributed by atoms with Crippen molar-refractivity contribution in [3.05, 3.63) is 69.3 Å². The van der Waals surface area contributed by atoms with Gasteiger partial charge in [0.2, 0.25) is 0 Å². The highest BCUT2D eigenvalue weighted by atomic mass is 32.2. The smallest absolute Gasteiger partial charge is 0.288 e. The lowest BCUT2D eigenvalue weighted by atomic mass is 9.98. The first-order chi connectivity index (χ1) is 13.7. The Balaban J connectivity index is 1.90. The van der Waals surface area contributed by atoms with E-state index in [9.17, 15) is 23.3 Å². The number of carbonyl (C=O) groups is 1. The molecule has 2 aromatic carbocycles. The van der Waals surface area contributed by atoms with E-state index in [-0.39, 0.29) is 22.1 Å². The third kappa shape index (κ3) is 4.82. The van der Waals surface area contributed by atoms with Gasteiger partial charge in [0.05, 0.1) is 10.7 Å². The van der Waals surface area contributed by atoms with Gasteiger partial charge in [-0.2, -0.15) is 0 Å². The number of nitro groups is 1. The SMILES string of the molecule is Cc1ccc(CS(=O)(=O)c2ccc(C(=O)N3CCC(C)CC3)cc2[N+](=O)[O-])cc1. The summed E-state index contributed by atoms with van der Waals surface area (Å²) in [6, 6.07) is 10.6. The first kappa shape index (κ1) is 21.0. The highest BCUT2D eigenvalue weighted by Crippen LogP contribution is 2.29. The van der Waals surface area contributed by atoms with Crippen LogP contribution in [0.25, 0.3) is 0 Å². The quantitative estimate of drug-likeness (QED) is 0.546. The third-order valence-electron chi connectivity index (χ3n) is 5.29. The number of nitrogens with zero attached hydrogens (tertiary/aromatic N) is 2. The van der Waals surface area contributed by atoms with Gasteiger partial charge in [0, 0.05) is 24.7 Å². The summed E-state index contributed by atoms with van der Waals surface area (Å²) in [7, 11) is -3.94. The van der Waals surface area contributed by atoms with Gasteiger partial charge in [0.1, 0.15) is 4.90 Å². The molecule has 0 radical (unpaired) electrons. The maximum absolute atomic E-state index is 12.8. The summed E-state index contributed by atoms with van der Waals surface area (Å²) in [6.07, 6.45) is 1.77. The fraction of sp³-hybridized carbons (Fsp3) is 0.381. The number of hydrogen-bond acceptors (Lipinski definition) is 5. The lowest BCUT2D eigenvalue weighted by Crippen LogP contribution is -2.37. The van der Waals surface area contributed by atoms with Gasteiger partial charge in [-0.1, -0.05) is 36.8 Å². The van der Waals surface area contributed by atoms with E-state index in [2.05, 4.69) is 6.92 Å². The minimum Gasteiger partial charge on any atom is -0.339 e. The largest absolute Gasteiger partial charge is 0.339 e. The van der Waals surface area contributed by atoms with Crippen LogP contribution >= 0.6 is 0 Å². The molecule has 0 unspecified atom stereocenters. The first-order valence-electron chi connectivity index (χ1n) is 9.53. The van der Waals surface area contributed by atoms with Crippen LogP contribution in [0.15, 0.2) is 47.4 Å². The molecule has 0 saturated carbocycles. The Morgan fingerprint density at radius 3 is 2.34 bits per heavy atom. The Bertz CT molecular complexity index is 1020. The summed E-state index contributed by atoms with van der Waals surface area (Å²) < 4.78 is 25.7. The molecule has 1 aliphatic heterocycles. The minimum absolute atomic E-state index is 0.139. The Hall–Kier alpha value is -2.74. The molecule has 1 saturated heterocycles. The van der Waals surface area contributed by atoms with Gasteiger partial charge >= 0.3 is 0 Å². The molecular weight excluding hydrogens is 392 g/mol. The Morgan fingerprint density at radius 2 is 1.76 bits per heavy atom. The van der Waals surface area contributed by atoms with Gasteiger partial charge in [-0.15, -0.1) is 0 Å². The molecule has 0 spiro atoms. The van der Waals surface area contributed by atoms with Crippen LogP contribution in [0.3, 0.4) is 0 Å². The second-order valence-electron chi connectivity index (χ2n) is 7.66. The summed E-state index contributed by atoms with van der Waals surface area (Å²) in [5.41, 5.74) is 1.12. The predicted molar refractivity (Wildman–Crippen MR) is 109 cm³/mol.